The zero-order chi connectivity index (χ0) is 31.9. The summed E-state index contributed by atoms with van der Waals surface area (Å²) < 4.78 is 13.3. The van der Waals surface area contributed by atoms with Crippen LogP contribution in [0.25, 0.3) is 0 Å². The maximum atomic E-state index is 13.8. The molecule has 2 amide bonds. The van der Waals surface area contributed by atoms with Gasteiger partial charge in [0.1, 0.15) is 6.04 Å². The number of hydrogen-bond acceptors (Lipinski definition) is 5. The van der Waals surface area contributed by atoms with E-state index in [-0.39, 0.29) is 40.8 Å². The van der Waals surface area contributed by atoms with Gasteiger partial charge in [-0.2, -0.15) is 0 Å². The summed E-state index contributed by atoms with van der Waals surface area (Å²) in [6, 6.07) is 9.73. The van der Waals surface area contributed by atoms with Gasteiger partial charge in [-0.3, -0.25) is 15.0 Å². The maximum Gasteiger partial charge on any atom is 0.481 e. The Balaban J connectivity index is 1.34. The molecule has 4 aliphatic rings. The number of hydrogen-bond donors (Lipinski definition) is 5. The Hall–Kier alpha value is -2.59. The predicted molar refractivity (Wildman–Crippen MR) is 176 cm³/mol. The van der Waals surface area contributed by atoms with Gasteiger partial charge in [-0.15, -0.1) is 0 Å². The van der Waals surface area contributed by atoms with E-state index in [0.29, 0.717) is 43.6 Å². The third-order valence-corrected chi connectivity index (χ3v) is 10.4. The summed E-state index contributed by atoms with van der Waals surface area (Å²) in [5, 5.41) is 19.8. The third-order valence-electron chi connectivity index (χ3n) is 10.4. The van der Waals surface area contributed by atoms with Crippen LogP contribution in [0.4, 0.5) is 0 Å². The van der Waals surface area contributed by atoms with Gasteiger partial charge >= 0.3 is 7.12 Å². The van der Waals surface area contributed by atoms with Crippen LogP contribution >= 0.6 is 0 Å². The van der Waals surface area contributed by atoms with E-state index in [1.54, 1.807) is 7.05 Å². The van der Waals surface area contributed by atoms with Crippen molar-refractivity contribution in [3.8, 4) is 0 Å². The van der Waals surface area contributed by atoms with E-state index in [2.05, 4.69) is 80.2 Å². The van der Waals surface area contributed by atoms with Crippen LogP contribution in [0.5, 0.6) is 0 Å². The van der Waals surface area contributed by atoms with Gasteiger partial charge in [0.2, 0.25) is 11.8 Å². The second kappa shape index (κ2) is 15.1. The molecule has 0 unspecified atom stereocenters. The van der Waals surface area contributed by atoms with Gasteiger partial charge < -0.3 is 30.6 Å². The average molecular weight is 610 g/mol. The topological polar surface area (TPSA) is 125 Å². The summed E-state index contributed by atoms with van der Waals surface area (Å²) in [4.78, 5) is 26.8. The van der Waals surface area contributed by atoms with Crippen molar-refractivity contribution >= 4 is 24.9 Å². The summed E-state index contributed by atoms with van der Waals surface area (Å²) in [5.74, 6) is 1.05. The van der Waals surface area contributed by atoms with Crippen LogP contribution in [-0.4, -0.2) is 62.2 Å². The first-order chi connectivity index (χ1) is 20.9. The van der Waals surface area contributed by atoms with Crippen molar-refractivity contribution < 1.29 is 18.9 Å². The second-order valence-corrected chi connectivity index (χ2v) is 14.4. The molecule has 5 rings (SSSR count). The first-order valence-electron chi connectivity index (χ1n) is 16.9. The molecular weight excluding hydrogens is 553 g/mol. The summed E-state index contributed by atoms with van der Waals surface area (Å²) in [5.41, 5.74) is 1.21. The number of benzene rings is 1. The minimum absolute atomic E-state index is 0.0433. The molecule has 44 heavy (non-hydrogen) atoms. The van der Waals surface area contributed by atoms with E-state index in [9.17, 15) is 9.59 Å². The summed E-state index contributed by atoms with van der Waals surface area (Å²) in [6.45, 7) is 11.7. The highest BCUT2D eigenvalue weighted by Crippen LogP contribution is 2.65. The van der Waals surface area contributed by atoms with Gasteiger partial charge in [0.05, 0.1) is 17.6 Å². The van der Waals surface area contributed by atoms with Crippen LogP contribution in [0, 0.1) is 28.6 Å². The van der Waals surface area contributed by atoms with E-state index in [4.69, 9.17) is 14.7 Å². The maximum absolute atomic E-state index is 13.8. The monoisotopic (exact) mass is 609 g/mol. The first kappa shape index (κ1) is 34.3. The fourth-order valence-electron chi connectivity index (χ4n) is 7.68. The molecule has 1 aliphatic heterocycles. The highest BCUT2D eigenvalue weighted by Gasteiger charge is 2.68. The van der Waals surface area contributed by atoms with E-state index >= 15 is 0 Å². The Bertz CT molecular complexity index is 1120. The lowest BCUT2D eigenvalue weighted by molar-refractivity contribution is -0.199. The van der Waals surface area contributed by atoms with Gasteiger partial charge in [-0.1, -0.05) is 64.4 Å². The minimum Gasteiger partial charge on any atom is -0.404 e. The molecule has 0 radical (unpaired) electrons. The Morgan fingerprint density at radius 1 is 1.05 bits per heavy atom. The van der Waals surface area contributed by atoms with Crippen LogP contribution in [-0.2, 0) is 25.3 Å². The Kier molecular flexibility index (Phi) is 11.8. The van der Waals surface area contributed by atoms with Crippen LogP contribution in [0.2, 0.25) is 0 Å². The molecule has 1 aromatic carbocycles. The van der Waals surface area contributed by atoms with Crippen LogP contribution < -0.4 is 21.3 Å². The molecule has 4 fully saturated rings. The molecule has 1 aromatic rings. The highest BCUT2D eigenvalue weighted by atomic mass is 16.7. The fourth-order valence-corrected chi connectivity index (χ4v) is 7.68. The number of amides is 2. The molecule has 6 atom stereocenters. The predicted octanol–water partition coefficient (Wildman–Crippen LogP) is 4.60. The van der Waals surface area contributed by atoms with Gasteiger partial charge in [-0.25, -0.2) is 0 Å². The van der Waals surface area contributed by atoms with Crippen molar-refractivity contribution in [3.63, 3.8) is 0 Å². The summed E-state index contributed by atoms with van der Waals surface area (Å²) >= 11 is 0. The average Bonchev–Trinajstić information content (AvgIpc) is 3.35. The molecule has 10 heteroatoms. The molecule has 9 nitrogen and oxygen atoms in total. The van der Waals surface area contributed by atoms with Crippen molar-refractivity contribution in [1.29, 1.82) is 5.41 Å². The second-order valence-electron chi connectivity index (χ2n) is 14.4. The molecule has 3 aliphatic carbocycles. The van der Waals surface area contributed by atoms with E-state index in [1.807, 2.05) is 6.07 Å². The van der Waals surface area contributed by atoms with E-state index in [1.165, 1.54) is 12.0 Å². The van der Waals surface area contributed by atoms with Crippen LogP contribution in [0.3, 0.4) is 0 Å². The number of unbranched alkanes of at least 4 members (excludes halogenated alkanes) is 2. The molecule has 0 spiro atoms. The molecule has 1 heterocycles. The van der Waals surface area contributed by atoms with Crippen LogP contribution in [0.15, 0.2) is 30.3 Å². The number of guanidine groups is 1. The quantitative estimate of drug-likeness (QED) is 0.0808. The number of nitrogens with one attached hydrogen (secondary N) is 5. The first-order valence-corrected chi connectivity index (χ1v) is 16.9. The van der Waals surface area contributed by atoms with Crippen LogP contribution in [0.1, 0.15) is 98.0 Å². The lowest BCUT2D eigenvalue weighted by atomic mass is 9.43. The molecular formula is C34H56BN5O4. The molecule has 5 N–H and O–H groups in total. The van der Waals surface area contributed by atoms with Gasteiger partial charge in [0.25, 0.3) is 0 Å². The van der Waals surface area contributed by atoms with Crippen molar-refractivity contribution in [3.05, 3.63) is 35.9 Å². The normalized spacial score (nSPS) is 26.2. The Morgan fingerprint density at radius 3 is 2.48 bits per heavy atom. The molecule has 2 bridgehead atoms. The Morgan fingerprint density at radius 2 is 1.80 bits per heavy atom. The molecule has 1 saturated heterocycles. The zero-order valence-electron chi connectivity index (χ0n) is 27.8. The fraction of sp³-hybridized carbons (Fsp3) is 0.735. The standard InChI is InChI=1S/C34H56BN5O4/c1-23(2)20-29(35-43-28-22-25-21-27(33(25,3)4)34(28,5)44-35)40-31(42)26(17-13-19-38-32(36)37-6)39-30(41)18-12-8-11-16-24-14-9-7-10-15-24/h7,9-10,14-15,23,25-29H,8,11-13,16-22H2,1-6H3,(H,39,41)(H,40,42)(H3,36,37,38)/t25-,26-,27-,28+,29-,34-/m0/s1. The zero-order valence-corrected chi connectivity index (χ0v) is 27.8. The number of carbonyl (C=O) groups is 2. The number of carbonyl (C=O) groups excluding carboxylic acids is 2. The molecule has 3 saturated carbocycles. The lowest BCUT2D eigenvalue weighted by Gasteiger charge is -2.64. The third kappa shape index (κ3) is 8.36. The van der Waals surface area contributed by atoms with Gasteiger partial charge in [-0.05, 0) is 87.0 Å². The van der Waals surface area contributed by atoms with Crippen molar-refractivity contribution in [2.45, 2.75) is 123 Å². The van der Waals surface area contributed by atoms with Crippen molar-refractivity contribution in [2.75, 3.05) is 13.6 Å². The molecule has 244 valence electrons. The Labute approximate surface area is 265 Å². The molecule has 0 aromatic heterocycles. The van der Waals surface area contributed by atoms with Crippen molar-refractivity contribution in [2.24, 2.45) is 23.2 Å². The smallest absolute Gasteiger partial charge is 0.404 e. The highest BCUT2D eigenvalue weighted by molar-refractivity contribution is 6.48. The largest absolute Gasteiger partial charge is 0.481 e. The van der Waals surface area contributed by atoms with E-state index in [0.717, 1.165) is 38.5 Å². The van der Waals surface area contributed by atoms with Gasteiger partial charge in [0, 0.05) is 20.0 Å². The summed E-state index contributed by atoms with van der Waals surface area (Å²) in [7, 11) is 1.18. The minimum atomic E-state index is -0.668. The SMILES string of the molecule is CNC(=N)NCCC[C@H](NC(=O)CCCCCc1ccccc1)C(=O)N[C@@H](CC(C)C)B1O[C@@H]2C[C@@H]3C[C@@H](C3(C)C)[C@]2(C)O1. The van der Waals surface area contributed by atoms with E-state index < -0.39 is 13.2 Å². The van der Waals surface area contributed by atoms with Crippen molar-refractivity contribution in [1.82, 2.24) is 21.3 Å². The van der Waals surface area contributed by atoms with Gasteiger partial charge in [0.15, 0.2) is 5.96 Å². The lowest BCUT2D eigenvalue weighted by Crippen LogP contribution is -2.65. The summed E-state index contributed by atoms with van der Waals surface area (Å²) in [6.07, 6.45) is 8.20. The number of rotatable bonds is 16. The number of aryl methyl sites for hydroxylation is 1.